The fourth-order valence-electron chi connectivity index (χ4n) is 3.24. The summed E-state index contributed by atoms with van der Waals surface area (Å²) < 4.78 is 43.9. The quantitative estimate of drug-likeness (QED) is 0.694. The molecule has 0 unspecified atom stereocenters. The number of carbonyl (C=O) groups is 1. The van der Waals surface area contributed by atoms with Crippen LogP contribution in [0.5, 0.6) is 0 Å². The molecular weight excluding hydrogens is 399 g/mol. The van der Waals surface area contributed by atoms with E-state index in [9.17, 15) is 18.0 Å². The maximum Gasteiger partial charge on any atom is 0.416 e. The zero-order valence-corrected chi connectivity index (χ0v) is 16.0. The molecule has 1 atom stereocenters. The van der Waals surface area contributed by atoms with Gasteiger partial charge in [-0.25, -0.2) is 4.98 Å². The molecule has 0 saturated carbocycles. The number of aromatic nitrogens is 3. The van der Waals surface area contributed by atoms with Crippen molar-refractivity contribution in [2.45, 2.75) is 25.1 Å². The molecule has 1 fully saturated rings. The van der Waals surface area contributed by atoms with Crippen LogP contribution in [-0.4, -0.2) is 45.6 Å². The van der Waals surface area contributed by atoms with Gasteiger partial charge in [0.2, 0.25) is 11.7 Å². The van der Waals surface area contributed by atoms with Crippen LogP contribution in [0.3, 0.4) is 0 Å². The van der Waals surface area contributed by atoms with Gasteiger partial charge in [-0.2, -0.15) is 18.2 Å². The molecular formula is C20H18F3N5O2. The number of likely N-dealkylation sites (tertiary alicyclic amines) is 1. The van der Waals surface area contributed by atoms with Crippen LogP contribution in [0.2, 0.25) is 0 Å². The minimum absolute atomic E-state index is 0.0632. The number of benzene rings is 1. The van der Waals surface area contributed by atoms with Gasteiger partial charge >= 0.3 is 6.18 Å². The zero-order chi connectivity index (χ0) is 21.3. The molecule has 0 bridgehead atoms. The smallest absolute Gasteiger partial charge is 0.366 e. The summed E-state index contributed by atoms with van der Waals surface area (Å²) in [6.45, 7) is 0.603. The molecule has 1 amide bonds. The monoisotopic (exact) mass is 417 g/mol. The Morgan fingerprint density at radius 1 is 1.20 bits per heavy atom. The number of pyridine rings is 1. The number of rotatable bonds is 4. The fourth-order valence-corrected chi connectivity index (χ4v) is 3.24. The number of amides is 1. The highest BCUT2D eigenvalue weighted by Gasteiger charge is 2.31. The molecule has 4 rings (SSSR count). The van der Waals surface area contributed by atoms with Gasteiger partial charge in [-0.05, 0) is 30.7 Å². The lowest BCUT2D eigenvalue weighted by molar-refractivity contribution is -0.137. The second kappa shape index (κ2) is 7.77. The van der Waals surface area contributed by atoms with Crippen molar-refractivity contribution in [1.82, 2.24) is 20.0 Å². The lowest BCUT2D eigenvalue weighted by Gasteiger charge is -2.30. The third-order valence-electron chi connectivity index (χ3n) is 4.86. The van der Waals surface area contributed by atoms with Gasteiger partial charge in [0.25, 0.3) is 5.89 Å². The highest BCUT2D eigenvalue weighted by atomic mass is 19.4. The third kappa shape index (κ3) is 4.27. The first-order valence-electron chi connectivity index (χ1n) is 9.28. The first-order valence-corrected chi connectivity index (χ1v) is 9.28. The van der Waals surface area contributed by atoms with E-state index in [4.69, 9.17) is 4.52 Å². The fraction of sp³-hybridized carbons (Fsp3) is 0.300. The van der Waals surface area contributed by atoms with Gasteiger partial charge in [0.15, 0.2) is 0 Å². The summed E-state index contributed by atoms with van der Waals surface area (Å²) in [5.74, 6) is 0.992. The molecule has 3 aromatic rings. The lowest BCUT2D eigenvalue weighted by Crippen LogP contribution is -2.43. The molecule has 2 aromatic heterocycles. The minimum atomic E-state index is -4.45. The molecule has 3 heterocycles. The van der Waals surface area contributed by atoms with E-state index in [0.717, 1.165) is 18.6 Å². The number of likely N-dealkylation sites (N-methyl/N-ethyl adjacent to an activating group) is 1. The van der Waals surface area contributed by atoms with Crippen molar-refractivity contribution >= 4 is 11.7 Å². The van der Waals surface area contributed by atoms with Crippen molar-refractivity contribution in [1.29, 1.82) is 0 Å². The van der Waals surface area contributed by atoms with Crippen molar-refractivity contribution in [3.05, 3.63) is 48.2 Å². The summed E-state index contributed by atoms with van der Waals surface area (Å²) in [5.41, 5.74) is -0.0252. The highest BCUT2D eigenvalue weighted by Crippen LogP contribution is 2.32. The molecule has 1 aliphatic rings. The summed E-state index contributed by atoms with van der Waals surface area (Å²) in [6, 6.07) is 8.34. The van der Waals surface area contributed by atoms with Gasteiger partial charge in [0.05, 0.1) is 11.1 Å². The largest absolute Gasteiger partial charge is 0.416 e. The van der Waals surface area contributed by atoms with E-state index in [1.807, 2.05) is 0 Å². The van der Waals surface area contributed by atoms with Crippen LogP contribution < -0.4 is 5.32 Å². The second-order valence-electron chi connectivity index (χ2n) is 7.09. The molecule has 30 heavy (non-hydrogen) atoms. The Hall–Kier alpha value is -3.43. The summed E-state index contributed by atoms with van der Waals surface area (Å²) in [6.07, 6.45) is -1.68. The van der Waals surface area contributed by atoms with Gasteiger partial charge in [-0.1, -0.05) is 17.3 Å². The Balaban J connectivity index is 1.47. The number of anilines is 1. The number of hydrogen-bond donors (Lipinski definition) is 1. The summed E-state index contributed by atoms with van der Waals surface area (Å²) in [7, 11) is 1.77. The number of halogens is 3. The highest BCUT2D eigenvalue weighted by molar-refractivity contribution is 5.77. The van der Waals surface area contributed by atoms with Crippen LogP contribution in [-0.2, 0) is 11.0 Å². The molecule has 1 saturated heterocycles. The molecule has 1 aromatic carbocycles. The average molecular weight is 417 g/mol. The number of nitrogens with zero attached hydrogens (tertiary/aromatic N) is 4. The second-order valence-corrected chi connectivity index (χ2v) is 7.09. The van der Waals surface area contributed by atoms with Crippen LogP contribution in [0.4, 0.5) is 19.0 Å². The van der Waals surface area contributed by atoms with Gasteiger partial charge < -0.3 is 14.7 Å². The van der Waals surface area contributed by atoms with Gasteiger partial charge in [0.1, 0.15) is 5.82 Å². The SMILES string of the molecule is CN1C[C@@H](Nc2ccc(-c3nc(-c4cccc(C(F)(F)F)c4)no3)cn2)CCC1=O. The predicted molar refractivity (Wildman–Crippen MR) is 102 cm³/mol. The van der Waals surface area contributed by atoms with Gasteiger partial charge in [-0.3, -0.25) is 4.79 Å². The van der Waals surface area contributed by atoms with Crippen molar-refractivity contribution in [3.63, 3.8) is 0 Å². The van der Waals surface area contributed by atoms with Gasteiger partial charge in [0, 0.05) is 37.8 Å². The molecule has 10 heteroatoms. The molecule has 0 radical (unpaired) electrons. The standard InChI is InChI=1S/C20H18F3N5O2/c1-28-11-15(6-8-17(28)29)25-16-7-5-13(10-24-16)19-26-18(27-30-19)12-3-2-4-14(9-12)20(21,22)23/h2-5,7,9-10,15H,6,8,11H2,1H3,(H,24,25)/t15-/m0/s1. The number of alkyl halides is 3. The van der Waals surface area contributed by atoms with E-state index in [1.165, 1.54) is 12.1 Å². The van der Waals surface area contributed by atoms with Crippen LogP contribution >= 0.6 is 0 Å². The molecule has 1 aliphatic heterocycles. The van der Waals surface area contributed by atoms with Crippen LogP contribution in [0.1, 0.15) is 18.4 Å². The maximum absolute atomic E-state index is 12.9. The Labute approximate surface area is 169 Å². The van der Waals surface area contributed by atoms with Crippen molar-refractivity contribution in [3.8, 4) is 22.8 Å². The molecule has 1 N–H and O–H groups in total. The maximum atomic E-state index is 12.9. The van der Waals surface area contributed by atoms with E-state index in [-0.39, 0.29) is 29.2 Å². The average Bonchev–Trinajstić information content (AvgIpc) is 3.21. The van der Waals surface area contributed by atoms with Crippen molar-refractivity contribution in [2.75, 3.05) is 18.9 Å². The number of hydrogen-bond acceptors (Lipinski definition) is 6. The topological polar surface area (TPSA) is 84.2 Å². The van der Waals surface area contributed by atoms with Gasteiger partial charge in [-0.15, -0.1) is 0 Å². The Bertz CT molecular complexity index is 1050. The van der Waals surface area contributed by atoms with Crippen LogP contribution in [0, 0.1) is 0 Å². The molecule has 0 spiro atoms. The number of piperidine rings is 1. The van der Waals surface area contributed by atoms with Crippen molar-refractivity contribution < 1.29 is 22.5 Å². The summed E-state index contributed by atoms with van der Waals surface area (Å²) >= 11 is 0. The molecule has 156 valence electrons. The number of carbonyl (C=O) groups excluding carboxylic acids is 1. The van der Waals surface area contributed by atoms with E-state index >= 15 is 0 Å². The van der Waals surface area contributed by atoms with E-state index in [1.54, 1.807) is 30.3 Å². The lowest BCUT2D eigenvalue weighted by atomic mass is 10.1. The first kappa shape index (κ1) is 19.9. The molecule has 7 nitrogen and oxygen atoms in total. The molecule has 0 aliphatic carbocycles. The van der Waals surface area contributed by atoms with Crippen LogP contribution in [0.15, 0.2) is 47.1 Å². The predicted octanol–water partition coefficient (Wildman–Crippen LogP) is 3.85. The zero-order valence-electron chi connectivity index (χ0n) is 16.0. The first-order chi connectivity index (χ1) is 14.3. The Morgan fingerprint density at radius 3 is 2.73 bits per heavy atom. The Morgan fingerprint density at radius 2 is 2.03 bits per heavy atom. The van der Waals surface area contributed by atoms with E-state index in [0.29, 0.717) is 24.3 Å². The van der Waals surface area contributed by atoms with E-state index < -0.39 is 11.7 Å². The third-order valence-corrected chi connectivity index (χ3v) is 4.86. The Kier molecular flexibility index (Phi) is 5.15. The summed E-state index contributed by atoms with van der Waals surface area (Å²) in [5, 5.41) is 7.07. The number of nitrogens with one attached hydrogen (secondary N) is 1. The van der Waals surface area contributed by atoms with Crippen LogP contribution in [0.25, 0.3) is 22.8 Å². The normalized spacial score (nSPS) is 17.3. The van der Waals surface area contributed by atoms with Crippen molar-refractivity contribution in [2.24, 2.45) is 0 Å². The minimum Gasteiger partial charge on any atom is -0.366 e. The summed E-state index contributed by atoms with van der Waals surface area (Å²) in [4.78, 5) is 21.8. The van der Waals surface area contributed by atoms with E-state index in [2.05, 4.69) is 20.4 Å².